The molecular weight excluding hydrogens is 253 g/mol. The van der Waals surface area contributed by atoms with Crippen LogP contribution in [0.1, 0.15) is 10.5 Å². The lowest BCUT2D eigenvalue weighted by molar-refractivity contribution is 0.0593. The van der Waals surface area contributed by atoms with Crippen molar-refractivity contribution in [3.63, 3.8) is 0 Å². The van der Waals surface area contributed by atoms with Gasteiger partial charge in [-0.2, -0.15) is 9.78 Å². The first-order valence-corrected chi connectivity index (χ1v) is 5.27. The summed E-state index contributed by atoms with van der Waals surface area (Å²) in [5, 5.41) is 3.74. The van der Waals surface area contributed by atoms with Gasteiger partial charge in [-0.05, 0) is 12.1 Å². The minimum absolute atomic E-state index is 0.0716. The van der Waals surface area contributed by atoms with Crippen LogP contribution in [-0.4, -0.2) is 22.9 Å². The van der Waals surface area contributed by atoms with Crippen LogP contribution in [0.5, 0.6) is 0 Å². The number of nitrogen functional groups attached to an aromatic ring is 1. The van der Waals surface area contributed by atoms with Crippen LogP contribution in [0.3, 0.4) is 0 Å². The molecule has 2 rings (SSSR count). The van der Waals surface area contributed by atoms with Gasteiger partial charge < -0.3 is 10.5 Å². The number of hydrogen-bond acceptors (Lipinski definition) is 5. The topological polar surface area (TPSA) is 87.2 Å². The largest absolute Gasteiger partial charge is 0.464 e. The predicted molar refractivity (Wildman–Crippen MR) is 65.5 cm³/mol. The predicted octanol–water partition coefficient (Wildman–Crippen LogP) is 0.740. The summed E-state index contributed by atoms with van der Waals surface area (Å²) >= 11 is 0. The molecule has 6 nitrogen and oxygen atoms in total. The number of rotatable bonds is 2. The van der Waals surface area contributed by atoms with Crippen LogP contribution < -0.4 is 11.3 Å². The second-order valence-corrected chi connectivity index (χ2v) is 3.64. The van der Waals surface area contributed by atoms with Crippen LogP contribution in [-0.2, 0) is 4.74 Å². The lowest BCUT2D eigenvalue weighted by atomic mass is 10.3. The summed E-state index contributed by atoms with van der Waals surface area (Å²) in [4.78, 5) is 23.2. The van der Waals surface area contributed by atoms with Crippen LogP contribution in [0.4, 0.5) is 10.1 Å². The highest BCUT2D eigenvalue weighted by atomic mass is 19.1. The Balaban J connectivity index is 2.68. The normalized spacial score (nSPS) is 10.2. The molecule has 98 valence electrons. The summed E-state index contributed by atoms with van der Waals surface area (Å²) < 4.78 is 18.9. The minimum atomic E-state index is -0.803. The number of anilines is 1. The van der Waals surface area contributed by atoms with E-state index in [1.54, 1.807) is 6.07 Å². The van der Waals surface area contributed by atoms with E-state index in [-0.39, 0.29) is 17.1 Å². The fourth-order valence-corrected chi connectivity index (χ4v) is 1.52. The molecule has 0 unspecified atom stereocenters. The molecule has 1 aromatic heterocycles. The molecule has 0 spiro atoms. The van der Waals surface area contributed by atoms with Gasteiger partial charge in [0.25, 0.3) is 5.56 Å². The molecule has 0 amide bonds. The summed E-state index contributed by atoms with van der Waals surface area (Å²) in [6.45, 7) is 0. The van der Waals surface area contributed by atoms with Crippen LogP contribution >= 0.6 is 0 Å². The standard InChI is InChI=1S/C12H10FN3O3/c1-19-12(18)11-8(14)6-10(17)16(15-11)9-5-3-2-4-7(9)13/h2-6H,14H2,1H3. The van der Waals surface area contributed by atoms with Crippen molar-refractivity contribution in [1.82, 2.24) is 9.78 Å². The number of benzene rings is 1. The van der Waals surface area contributed by atoms with Crippen LogP contribution in [0.2, 0.25) is 0 Å². The number of esters is 1. The van der Waals surface area contributed by atoms with Crippen molar-refractivity contribution >= 4 is 11.7 Å². The number of carbonyl (C=O) groups is 1. The highest BCUT2D eigenvalue weighted by Crippen LogP contribution is 2.12. The van der Waals surface area contributed by atoms with E-state index in [1.165, 1.54) is 18.2 Å². The van der Waals surface area contributed by atoms with Crippen LogP contribution in [0.15, 0.2) is 35.1 Å². The van der Waals surface area contributed by atoms with E-state index >= 15 is 0 Å². The van der Waals surface area contributed by atoms with Crippen molar-refractivity contribution in [2.75, 3.05) is 12.8 Å². The maximum absolute atomic E-state index is 13.6. The number of carbonyl (C=O) groups excluding carboxylic acids is 1. The summed E-state index contributed by atoms with van der Waals surface area (Å²) in [6.07, 6.45) is 0. The second-order valence-electron chi connectivity index (χ2n) is 3.64. The van der Waals surface area contributed by atoms with Gasteiger partial charge in [0.05, 0.1) is 12.8 Å². The van der Waals surface area contributed by atoms with E-state index in [2.05, 4.69) is 9.84 Å². The molecule has 19 heavy (non-hydrogen) atoms. The highest BCUT2D eigenvalue weighted by Gasteiger charge is 2.16. The number of aromatic nitrogens is 2. The van der Waals surface area contributed by atoms with E-state index in [1.807, 2.05) is 0 Å². The third kappa shape index (κ3) is 2.30. The Bertz CT molecular complexity index is 697. The van der Waals surface area contributed by atoms with E-state index in [4.69, 9.17) is 5.73 Å². The van der Waals surface area contributed by atoms with Gasteiger partial charge >= 0.3 is 5.97 Å². The number of methoxy groups -OCH3 is 1. The number of para-hydroxylation sites is 1. The third-order valence-electron chi connectivity index (χ3n) is 2.42. The number of nitrogens with zero attached hydrogens (tertiary/aromatic N) is 2. The maximum Gasteiger partial charge on any atom is 0.360 e. The lowest BCUT2D eigenvalue weighted by Crippen LogP contribution is -2.25. The summed E-state index contributed by atoms with van der Waals surface area (Å²) in [7, 11) is 1.15. The molecule has 0 saturated carbocycles. The van der Waals surface area contributed by atoms with E-state index in [9.17, 15) is 14.0 Å². The third-order valence-corrected chi connectivity index (χ3v) is 2.42. The highest BCUT2D eigenvalue weighted by molar-refractivity contribution is 5.92. The zero-order valence-corrected chi connectivity index (χ0v) is 9.96. The van der Waals surface area contributed by atoms with E-state index in [0.29, 0.717) is 0 Å². The first kappa shape index (κ1) is 12.7. The van der Waals surface area contributed by atoms with Gasteiger partial charge in [-0.15, -0.1) is 0 Å². The van der Waals surface area contributed by atoms with Crippen molar-refractivity contribution in [2.24, 2.45) is 0 Å². The molecule has 0 aliphatic heterocycles. The first-order valence-electron chi connectivity index (χ1n) is 5.27. The Labute approximate surface area is 107 Å². The fourth-order valence-electron chi connectivity index (χ4n) is 1.52. The minimum Gasteiger partial charge on any atom is -0.464 e. The molecule has 0 atom stereocenters. The van der Waals surface area contributed by atoms with Gasteiger partial charge in [-0.25, -0.2) is 9.18 Å². The summed E-state index contributed by atoms with van der Waals surface area (Å²) in [5.74, 6) is -1.44. The molecule has 0 aliphatic rings. The molecule has 2 aromatic rings. The van der Waals surface area contributed by atoms with Crippen molar-refractivity contribution in [2.45, 2.75) is 0 Å². The monoisotopic (exact) mass is 263 g/mol. The maximum atomic E-state index is 13.6. The molecule has 0 aliphatic carbocycles. The summed E-state index contributed by atoms with van der Waals surface area (Å²) in [6, 6.07) is 6.55. The fraction of sp³-hybridized carbons (Fsp3) is 0.0833. The molecule has 1 heterocycles. The quantitative estimate of drug-likeness (QED) is 0.807. The van der Waals surface area contributed by atoms with Crippen molar-refractivity contribution in [3.8, 4) is 5.69 Å². The summed E-state index contributed by atoms with van der Waals surface area (Å²) in [5.41, 5.74) is 4.43. The van der Waals surface area contributed by atoms with Gasteiger partial charge in [0.1, 0.15) is 11.5 Å². The van der Waals surface area contributed by atoms with Crippen molar-refractivity contribution in [3.05, 3.63) is 52.2 Å². The Hall–Kier alpha value is -2.70. The smallest absolute Gasteiger partial charge is 0.360 e. The number of halogens is 1. The Kier molecular flexibility index (Phi) is 3.28. The average molecular weight is 263 g/mol. The van der Waals surface area contributed by atoms with Gasteiger partial charge in [0.15, 0.2) is 5.69 Å². The Morgan fingerprint density at radius 2 is 2.11 bits per heavy atom. The molecule has 1 aromatic carbocycles. The Morgan fingerprint density at radius 1 is 1.42 bits per heavy atom. The number of nitrogens with two attached hydrogens (primary N) is 1. The van der Waals surface area contributed by atoms with Gasteiger partial charge in [0.2, 0.25) is 0 Å². The van der Waals surface area contributed by atoms with Crippen LogP contribution in [0, 0.1) is 5.82 Å². The first-order chi connectivity index (χ1) is 9.04. The Morgan fingerprint density at radius 3 is 2.74 bits per heavy atom. The van der Waals surface area contributed by atoms with Crippen LogP contribution in [0.25, 0.3) is 5.69 Å². The zero-order chi connectivity index (χ0) is 14.0. The lowest BCUT2D eigenvalue weighted by Gasteiger charge is -2.08. The van der Waals surface area contributed by atoms with E-state index in [0.717, 1.165) is 17.9 Å². The van der Waals surface area contributed by atoms with Crippen molar-refractivity contribution in [1.29, 1.82) is 0 Å². The molecule has 2 N–H and O–H groups in total. The average Bonchev–Trinajstić information content (AvgIpc) is 2.39. The van der Waals surface area contributed by atoms with Gasteiger partial charge in [-0.3, -0.25) is 4.79 Å². The molecule has 7 heteroatoms. The molecular formula is C12H10FN3O3. The van der Waals surface area contributed by atoms with Gasteiger partial charge in [0, 0.05) is 6.07 Å². The molecule has 0 bridgehead atoms. The molecule has 0 fully saturated rings. The zero-order valence-electron chi connectivity index (χ0n) is 9.96. The number of ether oxygens (including phenoxy) is 1. The molecule has 0 radical (unpaired) electrons. The van der Waals surface area contributed by atoms with Crippen molar-refractivity contribution < 1.29 is 13.9 Å². The van der Waals surface area contributed by atoms with E-state index < -0.39 is 17.3 Å². The number of hydrogen-bond donors (Lipinski definition) is 1. The SMILES string of the molecule is COC(=O)c1nn(-c2ccccc2F)c(=O)cc1N. The molecule has 0 saturated heterocycles. The second kappa shape index (κ2) is 4.89. The van der Waals surface area contributed by atoms with Gasteiger partial charge in [-0.1, -0.05) is 12.1 Å².